The van der Waals surface area contributed by atoms with E-state index in [2.05, 4.69) is 0 Å². The lowest BCUT2D eigenvalue weighted by molar-refractivity contribution is 0.433. The van der Waals surface area contributed by atoms with Gasteiger partial charge in [-0.25, -0.2) is 0 Å². The van der Waals surface area contributed by atoms with Gasteiger partial charge in [-0.15, -0.1) is 0 Å². The number of aliphatic hydroxyl groups is 1. The van der Waals surface area contributed by atoms with Gasteiger partial charge in [-0.1, -0.05) is 0 Å². The van der Waals surface area contributed by atoms with E-state index in [4.69, 9.17) is 10.8 Å². The topological polar surface area (TPSA) is 46.2 Å². The Morgan fingerprint density at radius 2 is 2.43 bits per heavy atom. The Kier molecular flexibility index (Phi) is 0.785. The summed E-state index contributed by atoms with van der Waals surface area (Å²) in [5, 5.41) is 8.60. The molecule has 0 bridgehead atoms. The Morgan fingerprint density at radius 3 is 2.57 bits per heavy atom. The molecule has 38 valence electrons. The number of allylic oxidation sites excluding steroid dienone is 2. The fourth-order valence-corrected chi connectivity index (χ4v) is 0.530. The van der Waals surface area contributed by atoms with Crippen LogP contribution in [0, 0.1) is 0 Å². The smallest absolute Gasteiger partial charge is 0.113 e. The first-order valence-corrected chi connectivity index (χ1v) is 2.14. The van der Waals surface area contributed by atoms with E-state index < -0.39 is 0 Å². The van der Waals surface area contributed by atoms with Gasteiger partial charge in [0.1, 0.15) is 5.76 Å². The first kappa shape index (κ1) is 4.24. The molecular formula is C5H7NO. The Morgan fingerprint density at radius 1 is 1.71 bits per heavy atom. The van der Waals surface area contributed by atoms with E-state index in [1.165, 1.54) is 0 Å². The monoisotopic (exact) mass is 97.1 g/mol. The van der Waals surface area contributed by atoms with Crippen molar-refractivity contribution in [2.75, 3.05) is 0 Å². The molecule has 1 rings (SSSR count). The lowest BCUT2D eigenvalue weighted by atomic mass is 10.4. The normalized spacial score (nSPS) is 18.9. The van der Waals surface area contributed by atoms with Crippen LogP contribution in [-0.2, 0) is 0 Å². The Bertz CT molecular complexity index is 135. The molecule has 2 nitrogen and oxygen atoms in total. The molecule has 0 aromatic rings. The molecule has 1 aliphatic carbocycles. The van der Waals surface area contributed by atoms with Gasteiger partial charge in [0.25, 0.3) is 0 Å². The largest absolute Gasteiger partial charge is 0.508 e. The van der Waals surface area contributed by atoms with Crippen LogP contribution >= 0.6 is 0 Å². The van der Waals surface area contributed by atoms with Gasteiger partial charge in [-0.3, -0.25) is 0 Å². The second-order valence-electron chi connectivity index (χ2n) is 1.55. The van der Waals surface area contributed by atoms with Crippen molar-refractivity contribution in [2.24, 2.45) is 5.73 Å². The predicted molar refractivity (Wildman–Crippen MR) is 27.6 cm³/mol. The van der Waals surface area contributed by atoms with Crippen molar-refractivity contribution in [1.29, 1.82) is 0 Å². The summed E-state index contributed by atoms with van der Waals surface area (Å²) in [6.07, 6.45) is 3.93. The van der Waals surface area contributed by atoms with E-state index in [0.717, 1.165) is 5.70 Å². The van der Waals surface area contributed by atoms with Crippen LogP contribution in [0.15, 0.2) is 23.6 Å². The molecule has 3 N–H and O–H groups in total. The van der Waals surface area contributed by atoms with Gasteiger partial charge in [0.2, 0.25) is 0 Å². The van der Waals surface area contributed by atoms with Crippen molar-refractivity contribution in [3.05, 3.63) is 23.6 Å². The van der Waals surface area contributed by atoms with Gasteiger partial charge in [0, 0.05) is 12.1 Å². The van der Waals surface area contributed by atoms with E-state index in [1.807, 2.05) is 0 Å². The van der Waals surface area contributed by atoms with Crippen LogP contribution in [-0.4, -0.2) is 5.11 Å². The molecule has 0 heterocycles. The predicted octanol–water partition coefficient (Wildman–Crippen LogP) is 0.675. The van der Waals surface area contributed by atoms with E-state index in [9.17, 15) is 0 Å². The molecule has 0 radical (unpaired) electrons. The highest BCUT2D eigenvalue weighted by Crippen LogP contribution is 2.08. The zero-order chi connectivity index (χ0) is 5.28. The average Bonchev–Trinajstić information content (AvgIpc) is 1.87. The third-order valence-corrected chi connectivity index (χ3v) is 0.880. The Labute approximate surface area is 41.9 Å². The molecule has 0 fully saturated rings. The van der Waals surface area contributed by atoms with Gasteiger partial charge >= 0.3 is 0 Å². The molecule has 2 heteroatoms. The molecule has 0 aliphatic heterocycles. The van der Waals surface area contributed by atoms with Crippen LogP contribution in [0.1, 0.15) is 6.42 Å². The molecule has 0 saturated heterocycles. The van der Waals surface area contributed by atoms with E-state index in [1.54, 1.807) is 12.2 Å². The molecule has 0 atom stereocenters. The summed E-state index contributed by atoms with van der Waals surface area (Å²) in [5.41, 5.74) is 6.01. The summed E-state index contributed by atoms with van der Waals surface area (Å²) in [6.45, 7) is 0. The number of hydrogen-bond acceptors (Lipinski definition) is 2. The summed E-state index contributed by atoms with van der Waals surface area (Å²) in [5.74, 6) is 0.289. The SMILES string of the molecule is NC1=CC(O)=CC1. The molecule has 1 aliphatic rings. The number of aliphatic hydroxyl groups excluding tert-OH is 1. The molecule has 0 unspecified atom stereocenters. The van der Waals surface area contributed by atoms with Gasteiger partial charge < -0.3 is 10.8 Å². The molecule has 7 heavy (non-hydrogen) atoms. The third-order valence-electron chi connectivity index (χ3n) is 0.880. The quantitative estimate of drug-likeness (QED) is 0.466. The minimum atomic E-state index is 0.289. The number of nitrogens with two attached hydrogens (primary N) is 1. The van der Waals surface area contributed by atoms with Crippen LogP contribution in [0.3, 0.4) is 0 Å². The maximum absolute atomic E-state index is 8.60. The molecule has 0 amide bonds. The van der Waals surface area contributed by atoms with Crippen LogP contribution in [0.4, 0.5) is 0 Å². The van der Waals surface area contributed by atoms with Crippen molar-refractivity contribution in [1.82, 2.24) is 0 Å². The van der Waals surface area contributed by atoms with E-state index >= 15 is 0 Å². The second-order valence-corrected chi connectivity index (χ2v) is 1.55. The molecule has 0 spiro atoms. The maximum Gasteiger partial charge on any atom is 0.113 e. The zero-order valence-corrected chi connectivity index (χ0v) is 3.89. The highest BCUT2D eigenvalue weighted by molar-refractivity contribution is 5.24. The standard InChI is InChI=1S/C5H7NO/c6-4-1-2-5(7)3-4/h2-3,7H,1,6H2. The molecule has 0 aromatic heterocycles. The molecular weight excluding hydrogens is 90.1 g/mol. The lowest BCUT2D eigenvalue weighted by Gasteiger charge is -1.80. The van der Waals surface area contributed by atoms with Gasteiger partial charge in [-0.05, 0) is 12.2 Å². The van der Waals surface area contributed by atoms with E-state index in [-0.39, 0.29) is 5.76 Å². The highest BCUT2D eigenvalue weighted by atomic mass is 16.3. The molecule has 0 saturated carbocycles. The van der Waals surface area contributed by atoms with Crippen LogP contribution < -0.4 is 5.73 Å². The first-order valence-electron chi connectivity index (χ1n) is 2.14. The number of hydrogen-bond donors (Lipinski definition) is 2. The molecule has 0 aromatic carbocycles. The van der Waals surface area contributed by atoms with Crippen molar-refractivity contribution in [3.63, 3.8) is 0 Å². The average molecular weight is 97.1 g/mol. The van der Waals surface area contributed by atoms with Crippen molar-refractivity contribution >= 4 is 0 Å². The summed E-state index contributed by atoms with van der Waals surface area (Å²) in [4.78, 5) is 0. The number of rotatable bonds is 0. The van der Waals surface area contributed by atoms with Crippen molar-refractivity contribution < 1.29 is 5.11 Å². The van der Waals surface area contributed by atoms with Crippen molar-refractivity contribution in [2.45, 2.75) is 6.42 Å². The second kappa shape index (κ2) is 1.30. The van der Waals surface area contributed by atoms with E-state index in [0.29, 0.717) is 6.42 Å². The van der Waals surface area contributed by atoms with Gasteiger partial charge in [-0.2, -0.15) is 0 Å². The van der Waals surface area contributed by atoms with Crippen LogP contribution in [0.2, 0.25) is 0 Å². The van der Waals surface area contributed by atoms with Crippen LogP contribution in [0.25, 0.3) is 0 Å². The third kappa shape index (κ3) is 0.738. The van der Waals surface area contributed by atoms with Crippen molar-refractivity contribution in [3.8, 4) is 0 Å². The summed E-state index contributed by atoms with van der Waals surface area (Å²) >= 11 is 0. The fraction of sp³-hybridized carbons (Fsp3) is 0.200. The first-order chi connectivity index (χ1) is 3.29. The van der Waals surface area contributed by atoms with Crippen LogP contribution in [0.5, 0.6) is 0 Å². The highest BCUT2D eigenvalue weighted by Gasteiger charge is 1.97. The summed E-state index contributed by atoms with van der Waals surface area (Å²) < 4.78 is 0. The Balaban J connectivity index is 2.69. The minimum Gasteiger partial charge on any atom is -0.508 e. The van der Waals surface area contributed by atoms with Gasteiger partial charge in [0.15, 0.2) is 0 Å². The minimum absolute atomic E-state index is 0.289. The van der Waals surface area contributed by atoms with Gasteiger partial charge in [0.05, 0.1) is 0 Å². The fourth-order valence-electron chi connectivity index (χ4n) is 0.530. The summed E-state index contributed by atoms with van der Waals surface area (Å²) in [6, 6.07) is 0. The maximum atomic E-state index is 8.60. The zero-order valence-electron chi connectivity index (χ0n) is 3.89. The lowest BCUT2D eigenvalue weighted by Crippen LogP contribution is -1.90. The Hall–Kier alpha value is -0.920. The summed E-state index contributed by atoms with van der Waals surface area (Å²) in [7, 11) is 0.